The first kappa shape index (κ1) is 10.3. The van der Waals surface area contributed by atoms with E-state index in [1.54, 1.807) is 0 Å². The zero-order valence-corrected chi connectivity index (χ0v) is 10.1. The summed E-state index contributed by atoms with van der Waals surface area (Å²) in [7, 11) is 0. The molecule has 16 heavy (non-hydrogen) atoms. The van der Waals surface area contributed by atoms with Crippen LogP contribution in [0.1, 0.15) is 55.2 Å². The van der Waals surface area contributed by atoms with E-state index in [1.807, 2.05) is 0 Å². The minimum Gasteiger partial charge on any atom is -0.346 e. The van der Waals surface area contributed by atoms with Gasteiger partial charge in [-0.15, -0.1) is 0 Å². The number of hydrogen-bond acceptors (Lipinski definition) is 2. The smallest absolute Gasteiger partial charge is 0.108 e. The van der Waals surface area contributed by atoms with Gasteiger partial charge in [-0.2, -0.15) is 0 Å². The Bertz CT molecular complexity index is 359. The number of rotatable bonds is 3. The summed E-state index contributed by atoms with van der Waals surface area (Å²) in [6.07, 6.45) is 7.76. The fourth-order valence-electron chi connectivity index (χ4n) is 2.72. The van der Waals surface area contributed by atoms with Crippen molar-refractivity contribution in [1.82, 2.24) is 15.3 Å². The van der Waals surface area contributed by atoms with Crippen LogP contribution < -0.4 is 5.32 Å². The van der Waals surface area contributed by atoms with E-state index < -0.39 is 0 Å². The molecule has 88 valence electrons. The zero-order chi connectivity index (χ0) is 11.0. The summed E-state index contributed by atoms with van der Waals surface area (Å²) in [4.78, 5) is 8.23. The van der Waals surface area contributed by atoms with Crippen LogP contribution in [0.15, 0.2) is 0 Å². The van der Waals surface area contributed by atoms with Gasteiger partial charge in [0.25, 0.3) is 0 Å². The molecule has 1 aliphatic heterocycles. The number of hydrogen-bond donors (Lipinski definition) is 2. The Morgan fingerprint density at radius 3 is 2.81 bits per heavy atom. The van der Waals surface area contributed by atoms with Crippen LogP contribution in [0.25, 0.3) is 0 Å². The number of piperidine rings is 1. The molecule has 2 heterocycles. The Kier molecular flexibility index (Phi) is 2.72. The van der Waals surface area contributed by atoms with Gasteiger partial charge in [0.15, 0.2) is 0 Å². The third-order valence-corrected chi connectivity index (χ3v) is 3.79. The highest BCUT2D eigenvalue weighted by atomic mass is 15.0. The molecule has 1 unspecified atom stereocenters. The molecule has 0 radical (unpaired) electrons. The van der Waals surface area contributed by atoms with E-state index >= 15 is 0 Å². The predicted molar refractivity (Wildman–Crippen MR) is 64.6 cm³/mol. The van der Waals surface area contributed by atoms with Crippen LogP contribution in [0.2, 0.25) is 0 Å². The molecule has 0 spiro atoms. The molecule has 2 N–H and O–H groups in total. The van der Waals surface area contributed by atoms with Crippen LogP contribution in [-0.4, -0.2) is 22.6 Å². The highest BCUT2D eigenvalue weighted by Crippen LogP contribution is 2.40. The van der Waals surface area contributed by atoms with E-state index in [1.165, 1.54) is 55.9 Å². The number of nitrogens with one attached hydrogen (secondary N) is 2. The molecule has 1 aliphatic carbocycles. The Morgan fingerprint density at radius 1 is 1.25 bits per heavy atom. The van der Waals surface area contributed by atoms with E-state index in [0.29, 0.717) is 6.04 Å². The molecule has 2 fully saturated rings. The Labute approximate surface area is 97.0 Å². The third kappa shape index (κ3) is 2.14. The minimum absolute atomic E-state index is 0.645. The van der Waals surface area contributed by atoms with Crippen molar-refractivity contribution >= 4 is 0 Å². The zero-order valence-electron chi connectivity index (χ0n) is 10.1. The van der Waals surface area contributed by atoms with Gasteiger partial charge in [0.2, 0.25) is 0 Å². The Balaban J connectivity index is 1.66. The summed E-state index contributed by atoms with van der Waals surface area (Å²) in [6.45, 7) is 3.35. The molecule has 3 rings (SSSR count). The molecular formula is C13H21N3. The van der Waals surface area contributed by atoms with E-state index in [0.717, 1.165) is 12.3 Å². The third-order valence-electron chi connectivity index (χ3n) is 3.79. The van der Waals surface area contributed by atoms with Crippen LogP contribution >= 0.6 is 0 Å². The second kappa shape index (κ2) is 4.21. The minimum atomic E-state index is 0.645. The lowest BCUT2D eigenvalue weighted by Crippen LogP contribution is -2.35. The van der Waals surface area contributed by atoms with Crippen LogP contribution in [0.3, 0.4) is 0 Å². The number of nitrogens with zero attached hydrogens (tertiary/aromatic N) is 1. The van der Waals surface area contributed by atoms with Crippen molar-refractivity contribution in [3.05, 3.63) is 17.2 Å². The molecule has 0 bridgehead atoms. The summed E-state index contributed by atoms with van der Waals surface area (Å²) in [5, 5.41) is 3.58. The van der Waals surface area contributed by atoms with Gasteiger partial charge in [-0.05, 0) is 39.2 Å². The maximum Gasteiger partial charge on any atom is 0.108 e. The first-order chi connectivity index (χ1) is 7.83. The molecule has 1 aromatic rings. The number of aromatic nitrogens is 2. The molecule has 0 aromatic carbocycles. The van der Waals surface area contributed by atoms with Crippen molar-refractivity contribution < 1.29 is 0 Å². The van der Waals surface area contributed by atoms with Gasteiger partial charge in [-0.25, -0.2) is 4.98 Å². The van der Waals surface area contributed by atoms with E-state index in [2.05, 4.69) is 17.2 Å². The molecule has 1 saturated heterocycles. The first-order valence-electron chi connectivity index (χ1n) is 6.61. The lowest BCUT2D eigenvalue weighted by Gasteiger charge is -2.22. The van der Waals surface area contributed by atoms with Crippen molar-refractivity contribution in [2.24, 2.45) is 0 Å². The molecule has 2 aliphatic rings. The molecule has 1 aromatic heterocycles. The second-order valence-corrected chi connectivity index (χ2v) is 5.32. The fourth-order valence-corrected chi connectivity index (χ4v) is 2.72. The summed E-state index contributed by atoms with van der Waals surface area (Å²) in [6, 6.07) is 0.645. The standard InChI is InChI=1S/C13H21N3/c1-9-13(10-5-6-10)16-12(15-9)8-11-4-2-3-7-14-11/h10-11,14H,2-8H2,1H3,(H,15,16). The molecule has 3 nitrogen and oxygen atoms in total. The van der Waals surface area contributed by atoms with Gasteiger partial charge in [0, 0.05) is 24.1 Å². The van der Waals surface area contributed by atoms with Gasteiger partial charge in [-0.1, -0.05) is 6.42 Å². The SMILES string of the molecule is Cc1[nH]c(CC2CCCCN2)nc1C1CC1. The molecule has 1 saturated carbocycles. The second-order valence-electron chi connectivity index (χ2n) is 5.32. The molecule has 1 atom stereocenters. The van der Waals surface area contributed by atoms with Crippen molar-refractivity contribution in [3.8, 4) is 0 Å². The van der Waals surface area contributed by atoms with Crippen molar-refractivity contribution in [2.45, 2.75) is 57.4 Å². The van der Waals surface area contributed by atoms with Crippen molar-refractivity contribution in [3.63, 3.8) is 0 Å². The largest absolute Gasteiger partial charge is 0.346 e. The van der Waals surface area contributed by atoms with Gasteiger partial charge < -0.3 is 10.3 Å². The lowest BCUT2D eigenvalue weighted by molar-refractivity contribution is 0.395. The summed E-state index contributed by atoms with van der Waals surface area (Å²) in [5.74, 6) is 1.96. The Morgan fingerprint density at radius 2 is 2.12 bits per heavy atom. The monoisotopic (exact) mass is 219 g/mol. The van der Waals surface area contributed by atoms with Gasteiger partial charge in [-0.3, -0.25) is 0 Å². The molecule has 0 amide bonds. The van der Waals surface area contributed by atoms with Crippen molar-refractivity contribution in [1.29, 1.82) is 0 Å². The summed E-state index contributed by atoms with van der Waals surface area (Å²) >= 11 is 0. The number of aromatic amines is 1. The topological polar surface area (TPSA) is 40.7 Å². The number of H-pyrrole nitrogens is 1. The summed E-state index contributed by atoms with van der Waals surface area (Å²) in [5.41, 5.74) is 2.64. The average molecular weight is 219 g/mol. The maximum atomic E-state index is 4.77. The highest BCUT2D eigenvalue weighted by molar-refractivity contribution is 5.22. The van der Waals surface area contributed by atoms with Gasteiger partial charge >= 0.3 is 0 Å². The predicted octanol–water partition coefficient (Wildman–Crippen LogP) is 2.28. The van der Waals surface area contributed by atoms with E-state index in [9.17, 15) is 0 Å². The number of aryl methyl sites for hydroxylation is 1. The van der Waals surface area contributed by atoms with E-state index in [-0.39, 0.29) is 0 Å². The fraction of sp³-hybridized carbons (Fsp3) is 0.769. The quantitative estimate of drug-likeness (QED) is 0.819. The first-order valence-corrected chi connectivity index (χ1v) is 6.61. The van der Waals surface area contributed by atoms with Gasteiger partial charge in [0.05, 0.1) is 5.69 Å². The van der Waals surface area contributed by atoms with Crippen LogP contribution in [0, 0.1) is 6.92 Å². The lowest BCUT2D eigenvalue weighted by atomic mass is 10.0. The molecule has 3 heteroatoms. The summed E-state index contributed by atoms with van der Waals surface area (Å²) < 4.78 is 0. The number of imidazole rings is 1. The molecular weight excluding hydrogens is 198 g/mol. The van der Waals surface area contributed by atoms with Gasteiger partial charge in [0.1, 0.15) is 5.82 Å². The van der Waals surface area contributed by atoms with Crippen LogP contribution in [0.4, 0.5) is 0 Å². The van der Waals surface area contributed by atoms with E-state index in [4.69, 9.17) is 4.98 Å². The maximum absolute atomic E-state index is 4.77. The van der Waals surface area contributed by atoms with Crippen LogP contribution in [0.5, 0.6) is 0 Å². The normalized spacial score (nSPS) is 25.9. The average Bonchev–Trinajstić information content (AvgIpc) is 3.06. The Hall–Kier alpha value is -0.830. The van der Waals surface area contributed by atoms with Crippen molar-refractivity contribution in [2.75, 3.05) is 6.54 Å². The van der Waals surface area contributed by atoms with Crippen LogP contribution in [-0.2, 0) is 6.42 Å². The highest BCUT2D eigenvalue weighted by Gasteiger charge is 2.28.